The molecule has 1 aromatic carbocycles. The van der Waals surface area contributed by atoms with Crippen molar-refractivity contribution < 1.29 is 9.18 Å². The molecule has 0 fully saturated rings. The lowest BCUT2D eigenvalue weighted by atomic mass is 9.97. The Morgan fingerprint density at radius 1 is 1.39 bits per heavy atom. The van der Waals surface area contributed by atoms with Crippen molar-refractivity contribution in [1.82, 2.24) is 0 Å². The van der Waals surface area contributed by atoms with Crippen LogP contribution in [-0.4, -0.2) is 5.78 Å². The maximum absolute atomic E-state index is 13.6. The first kappa shape index (κ1) is 14.7. The van der Waals surface area contributed by atoms with Crippen LogP contribution in [0.3, 0.4) is 0 Å². The molecule has 0 atom stereocenters. The Morgan fingerprint density at radius 3 is 2.67 bits per heavy atom. The molecule has 0 amide bonds. The van der Waals surface area contributed by atoms with Crippen molar-refractivity contribution in [3.05, 3.63) is 34.6 Å². The summed E-state index contributed by atoms with van der Waals surface area (Å²) in [7, 11) is 0. The molecule has 0 bridgehead atoms. The molecule has 1 rings (SSSR count). The van der Waals surface area contributed by atoms with Crippen molar-refractivity contribution in [1.29, 1.82) is 0 Å². The first-order valence-corrected chi connectivity index (χ1v) is 6.12. The van der Waals surface area contributed by atoms with E-state index in [2.05, 4.69) is 11.8 Å². The number of halogens is 2. The summed E-state index contributed by atoms with van der Waals surface area (Å²) in [5.41, 5.74) is 0.201. The Balaban J connectivity index is 2.65. The highest BCUT2D eigenvalue weighted by molar-refractivity contribution is 6.30. The lowest BCUT2D eigenvalue weighted by molar-refractivity contribution is -0.117. The predicted octanol–water partition coefficient (Wildman–Crippen LogP) is 4.03. The molecule has 0 unspecified atom stereocenters. The van der Waals surface area contributed by atoms with Crippen LogP contribution in [0.5, 0.6) is 0 Å². The molecule has 0 saturated heterocycles. The number of ketones is 1. The normalized spacial score (nSPS) is 10.7. The fourth-order valence-electron chi connectivity index (χ4n) is 1.37. The molecule has 0 saturated carbocycles. The minimum absolute atomic E-state index is 0.0330. The molecule has 0 aliphatic carbocycles. The standard InChI is InChI=1S/C15H16ClFO/c1-15(2,3)9-5-7-12(18)10-11-6-4-8-13(16)14(11)17/h4,6,8H,7,10H2,1-3H3. The number of carbonyl (C=O) groups excluding carboxylic acids is 1. The minimum Gasteiger partial charge on any atom is -0.298 e. The molecule has 0 aliphatic rings. The van der Waals surface area contributed by atoms with Crippen LogP contribution in [0.1, 0.15) is 32.8 Å². The topological polar surface area (TPSA) is 17.1 Å². The van der Waals surface area contributed by atoms with E-state index in [9.17, 15) is 9.18 Å². The van der Waals surface area contributed by atoms with Gasteiger partial charge < -0.3 is 0 Å². The fraction of sp³-hybridized carbons (Fsp3) is 0.400. The zero-order valence-corrected chi connectivity index (χ0v) is 11.6. The van der Waals surface area contributed by atoms with Gasteiger partial charge in [-0.2, -0.15) is 0 Å². The third-order valence-electron chi connectivity index (χ3n) is 2.17. The zero-order chi connectivity index (χ0) is 13.8. The summed E-state index contributed by atoms with van der Waals surface area (Å²) < 4.78 is 13.6. The molecule has 1 aromatic rings. The number of rotatable bonds is 3. The average molecular weight is 267 g/mol. The third kappa shape index (κ3) is 4.89. The van der Waals surface area contributed by atoms with Gasteiger partial charge >= 0.3 is 0 Å². The van der Waals surface area contributed by atoms with Crippen LogP contribution in [0.4, 0.5) is 4.39 Å². The highest BCUT2D eigenvalue weighted by atomic mass is 35.5. The fourth-order valence-corrected chi connectivity index (χ4v) is 1.56. The third-order valence-corrected chi connectivity index (χ3v) is 2.46. The Morgan fingerprint density at radius 2 is 2.06 bits per heavy atom. The molecule has 0 aromatic heterocycles. The molecule has 0 N–H and O–H groups in total. The van der Waals surface area contributed by atoms with Gasteiger partial charge in [0.25, 0.3) is 0 Å². The van der Waals surface area contributed by atoms with Crippen LogP contribution < -0.4 is 0 Å². The molecule has 0 spiro atoms. The lowest BCUT2D eigenvalue weighted by Crippen LogP contribution is -2.05. The summed E-state index contributed by atoms with van der Waals surface area (Å²) in [6, 6.07) is 4.66. The smallest absolute Gasteiger partial charge is 0.149 e. The van der Waals surface area contributed by atoms with Gasteiger partial charge in [0.15, 0.2) is 0 Å². The SMILES string of the molecule is CC(C)(C)C#CCC(=O)Cc1cccc(Cl)c1F. The molecule has 0 radical (unpaired) electrons. The van der Waals surface area contributed by atoms with Crippen molar-refractivity contribution in [2.24, 2.45) is 5.41 Å². The van der Waals surface area contributed by atoms with E-state index >= 15 is 0 Å². The van der Waals surface area contributed by atoms with Gasteiger partial charge in [0.2, 0.25) is 0 Å². The highest BCUT2D eigenvalue weighted by Gasteiger charge is 2.10. The second-order valence-electron chi connectivity index (χ2n) is 5.16. The molecular formula is C15H16ClFO. The Labute approximate surface area is 112 Å². The largest absolute Gasteiger partial charge is 0.298 e. The van der Waals surface area contributed by atoms with Crippen LogP contribution in [0, 0.1) is 23.1 Å². The summed E-state index contributed by atoms with van der Waals surface area (Å²) in [6.07, 6.45) is 0.175. The van der Waals surface area contributed by atoms with E-state index < -0.39 is 5.82 Å². The van der Waals surface area contributed by atoms with Gasteiger partial charge in [-0.25, -0.2) is 4.39 Å². The number of benzene rings is 1. The van der Waals surface area contributed by atoms with Crippen molar-refractivity contribution >= 4 is 17.4 Å². The summed E-state index contributed by atoms with van der Waals surface area (Å²) >= 11 is 5.65. The summed E-state index contributed by atoms with van der Waals surface area (Å²) in [5, 5.41) is 0.0427. The Bertz CT molecular complexity index is 503. The van der Waals surface area contributed by atoms with Crippen molar-refractivity contribution in [2.45, 2.75) is 33.6 Å². The van der Waals surface area contributed by atoms with Crippen LogP contribution in [0.25, 0.3) is 0 Å². The van der Waals surface area contributed by atoms with Gasteiger partial charge in [0.1, 0.15) is 11.6 Å². The molecule has 18 heavy (non-hydrogen) atoms. The van der Waals surface area contributed by atoms with Crippen molar-refractivity contribution in [3.8, 4) is 11.8 Å². The number of carbonyl (C=O) groups is 1. The van der Waals surface area contributed by atoms with Gasteiger partial charge in [0, 0.05) is 11.8 Å². The zero-order valence-electron chi connectivity index (χ0n) is 10.8. The van der Waals surface area contributed by atoms with Crippen LogP contribution in [0.15, 0.2) is 18.2 Å². The number of hydrogen-bond acceptors (Lipinski definition) is 1. The molecule has 3 heteroatoms. The van der Waals surface area contributed by atoms with E-state index in [1.54, 1.807) is 12.1 Å². The molecule has 0 aliphatic heterocycles. The summed E-state index contributed by atoms with van der Waals surface area (Å²) in [6.45, 7) is 5.92. The maximum atomic E-state index is 13.6. The van der Waals surface area contributed by atoms with Crippen LogP contribution >= 0.6 is 11.6 Å². The summed E-state index contributed by atoms with van der Waals surface area (Å²) in [5.74, 6) is 5.18. The Hall–Kier alpha value is -1.33. The van der Waals surface area contributed by atoms with E-state index in [0.29, 0.717) is 5.56 Å². The monoisotopic (exact) mass is 266 g/mol. The second kappa shape index (κ2) is 6.02. The summed E-state index contributed by atoms with van der Waals surface area (Å²) in [4.78, 5) is 11.6. The second-order valence-corrected chi connectivity index (χ2v) is 5.56. The Kier molecular flexibility index (Phi) is 4.93. The first-order valence-electron chi connectivity index (χ1n) is 5.74. The number of Topliss-reactive ketones (excluding diaryl/α,β-unsaturated/α-hetero) is 1. The molecular weight excluding hydrogens is 251 g/mol. The lowest BCUT2D eigenvalue weighted by Gasteiger charge is -2.06. The van der Waals surface area contributed by atoms with E-state index in [-0.39, 0.29) is 29.1 Å². The van der Waals surface area contributed by atoms with Crippen LogP contribution in [-0.2, 0) is 11.2 Å². The van der Waals surface area contributed by atoms with Crippen molar-refractivity contribution in [2.75, 3.05) is 0 Å². The van der Waals surface area contributed by atoms with Gasteiger partial charge in [-0.15, -0.1) is 0 Å². The van der Waals surface area contributed by atoms with Gasteiger partial charge in [-0.3, -0.25) is 4.79 Å². The van der Waals surface area contributed by atoms with Gasteiger partial charge in [-0.1, -0.05) is 35.6 Å². The molecule has 1 nitrogen and oxygen atoms in total. The maximum Gasteiger partial charge on any atom is 0.149 e. The van der Waals surface area contributed by atoms with E-state index in [4.69, 9.17) is 11.6 Å². The van der Waals surface area contributed by atoms with E-state index in [0.717, 1.165) is 0 Å². The first-order chi connectivity index (χ1) is 8.29. The molecule has 96 valence electrons. The molecule has 0 heterocycles. The van der Waals surface area contributed by atoms with Crippen LogP contribution in [0.2, 0.25) is 5.02 Å². The average Bonchev–Trinajstić information content (AvgIpc) is 2.23. The highest BCUT2D eigenvalue weighted by Crippen LogP contribution is 2.18. The van der Waals surface area contributed by atoms with Gasteiger partial charge in [-0.05, 0) is 32.4 Å². The quantitative estimate of drug-likeness (QED) is 0.755. The minimum atomic E-state index is -0.517. The van der Waals surface area contributed by atoms with E-state index in [1.807, 2.05) is 20.8 Å². The number of hydrogen-bond donors (Lipinski definition) is 0. The predicted molar refractivity (Wildman–Crippen MR) is 72.0 cm³/mol. The van der Waals surface area contributed by atoms with Gasteiger partial charge in [0.05, 0.1) is 11.4 Å². The van der Waals surface area contributed by atoms with Crippen molar-refractivity contribution in [3.63, 3.8) is 0 Å². The van der Waals surface area contributed by atoms with E-state index in [1.165, 1.54) is 6.07 Å².